The SMILES string of the molecule is [C-]#[N+]c1cc(N2c3ccccc3C3(c4ccccc4-c4cc(-c5ccc6c(c5)c5ccccc5n6-c5ccccc5)ccc43)c3ccccc32)c(C#N)cc1-c1nc(-c2ccccc2)nc(-c2ccccc2)n1. The minimum absolute atomic E-state index is 0.317. The molecule has 0 saturated carbocycles. The quantitative estimate of drug-likeness (QED) is 0.155. The van der Waals surface area contributed by atoms with Crippen LogP contribution >= 0.6 is 0 Å². The zero-order valence-electron chi connectivity index (χ0n) is 39.1. The summed E-state index contributed by atoms with van der Waals surface area (Å²) < 4.78 is 2.35. The normalized spacial score (nSPS) is 12.7. The van der Waals surface area contributed by atoms with E-state index in [0.717, 1.165) is 50.4 Å². The van der Waals surface area contributed by atoms with E-state index in [2.05, 4.69) is 184 Å². The smallest absolute Gasteiger partial charge is 0.200 e. The van der Waals surface area contributed by atoms with Gasteiger partial charge in [0.05, 0.1) is 45.6 Å². The molecule has 3 heterocycles. The summed E-state index contributed by atoms with van der Waals surface area (Å²) in [5.74, 6) is 1.27. The first-order valence-corrected chi connectivity index (χ1v) is 24.3. The Kier molecular flexibility index (Phi) is 9.41. The fourth-order valence-corrected chi connectivity index (χ4v) is 11.6. The van der Waals surface area contributed by atoms with Crippen molar-refractivity contribution in [3.8, 4) is 68.2 Å². The lowest BCUT2D eigenvalue weighted by Gasteiger charge is -2.45. The zero-order chi connectivity index (χ0) is 48.6. The summed E-state index contributed by atoms with van der Waals surface area (Å²) >= 11 is 0. The van der Waals surface area contributed by atoms with Crippen LogP contribution in [0.2, 0.25) is 0 Å². The highest BCUT2D eigenvalue weighted by atomic mass is 15.2. The van der Waals surface area contributed by atoms with Crippen molar-refractivity contribution < 1.29 is 0 Å². The number of benzene rings is 10. The van der Waals surface area contributed by atoms with Crippen LogP contribution in [0.3, 0.4) is 0 Å². The number of anilines is 3. The molecule has 0 fully saturated rings. The second-order valence-electron chi connectivity index (χ2n) is 18.5. The number of hydrogen-bond donors (Lipinski definition) is 0. The highest BCUT2D eigenvalue weighted by Crippen LogP contribution is 2.64. The van der Waals surface area contributed by atoms with Crippen molar-refractivity contribution in [1.82, 2.24) is 19.5 Å². The van der Waals surface area contributed by atoms with Gasteiger partial charge in [-0.2, -0.15) is 5.26 Å². The van der Waals surface area contributed by atoms with Gasteiger partial charge in [0.1, 0.15) is 6.07 Å². The summed E-state index contributed by atoms with van der Waals surface area (Å²) in [4.78, 5) is 21.1. The number of para-hydroxylation sites is 4. The van der Waals surface area contributed by atoms with Gasteiger partial charge < -0.3 is 9.47 Å². The van der Waals surface area contributed by atoms with Gasteiger partial charge in [-0.25, -0.2) is 19.8 Å². The molecule has 10 aromatic carbocycles. The van der Waals surface area contributed by atoms with E-state index in [-0.39, 0.29) is 0 Å². The number of hydrogen-bond acceptors (Lipinski definition) is 5. The summed E-state index contributed by atoms with van der Waals surface area (Å²) in [5.41, 5.74) is 17.2. The van der Waals surface area contributed by atoms with Crippen LogP contribution in [0.5, 0.6) is 0 Å². The van der Waals surface area contributed by atoms with Crippen molar-refractivity contribution in [2.45, 2.75) is 5.41 Å². The second kappa shape index (κ2) is 16.5. The van der Waals surface area contributed by atoms with Gasteiger partial charge in [-0.1, -0.05) is 176 Å². The van der Waals surface area contributed by atoms with Crippen LogP contribution in [0, 0.1) is 17.9 Å². The summed E-state index contributed by atoms with van der Waals surface area (Å²) in [6, 6.07) is 84.6. The average Bonchev–Trinajstić information content (AvgIpc) is 3.97. The van der Waals surface area contributed by atoms with E-state index in [9.17, 15) is 5.26 Å². The summed E-state index contributed by atoms with van der Waals surface area (Å²) in [6.45, 7) is 8.63. The van der Waals surface area contributed by atoms with Gasteiger partial charge in [0.25, 0.3) is 0 Å². The lowest BCUT2D eigenvalue weighted by molar-refractivity contribution is 0.752. The van der Waals surface area contributed by atoms with Crippen LogP contribution in [0.4, 0.5) is 22.7 Å². The fourth-order valence-electron chi connectivity index (χ4n) is 11.6. The summed E-state index contributed by atoms with van der Waals surface area (Å²) in [7, 11) is 0. The molecule has 73 heavy (non-hydrogen) atoms. The molecule has 0 radical (unpaired) electrons. The number of nitriles is 1. The van der Waals surface area contributed by atoms with Gasteiger partial charge in [0, 0.05) is 33.2 Å². The van der Waals surface area contributed by atoms with E-state index < -0.39 is 5.41 Å². The van der Waals surface area contributed by atoms with Crippen LogP contribution in [-0.4, -0.2) is 19.5 Å². The number of fused-ring (bicyclic) bond motifs is 12. The molecule has 12 aromatic rings. The highest BCUT2D eigenvalue weighted by molar-refractivity contribution is 6.10. The fraction of sp³-hybridized carbons (Fsp3) is 0.0152. The summed E-state index contributed by atoms with van der Waals surface area (Å²) in [5, 5.41) is 13.6. The molecular formula is C66H39N7. The van der Waals surface area contributed by atoms with Crippen molar-refractivity contribution in [3.63, 3.8) is 0 Å². The predicted molar refractivity (Wildman–Crippen MR) is 292 cm³/mol. The lowest BCUT2D eigenvalue weighted by Crippen LogP contribution is -2.36. The standard InChI is InChI=1S/C66H39N7/c1-68-57-40-62(46(41-67)39-52(57)65-70-63(42-19-5-2-6-20-42)69-64(71-65)43-21-7-3-8-22-43)73-60-31-17-14-28-55(60)66(56-29-15-18-32-61(56)73)53-27-13-11-25-48(53)50-37-44(33-35-54(50)66)45-34-36-59-51(38-45)49-26-12-16-30-58(49)72(59)47-23-9-4-10-24-47/h2-40H. The highest BCUT2D eigenvalue weighted by Gasteiger charge is 2.52. The Morgan fingerprint density at radius 2 is 0.945 bits per heavy atom. The maximum Gasteiger partial charge on any atom is 0.200 e. The maximum absolute atomic E-state index is 11.2. The largest absolute Gasteiger partial charge is 0.310 e. The van der Waals surface area contributed by atoms with Gasteiger partial charge in [-0.05, 0) is 105 Å². The molecule has 1 spiro atoms. The zero-order valence-corrected chi connectivity index (χ0v) is 39.1. The van der Waals surface area contributed by atoms with Crippen LogP contribution in [-0.2, 0) is 5.41 Å². The van der Waals surface area contributed by atoms with Gasteiger partial charge >= 0.3 is 0 Å². The molecule has 0 amide bonds. The molecule has 1 aliphatic heterocycles. The molecule has 2 aliphatic rings. The van der Waals surface area contributed by atoms with E-state index in [1.807, 2.05) is 66.7 Å². The molecule has 338 valence electrons. The van der Waals surface area contributed by atoms with E-state index in [4.69, 9.17) is 21.5 Å². The average molecular weight is 930 g/mol. The Balaban J connectivity index is 0.935. The Morgan fingerprint density at radius 3 is 1.62 bits per heavy atom. The van der Waals surface area contributed by atoms with Crippen molar-refractivity contribution >= 4 is 44.6 Å². The van der Waals surface area contributed by atoms with E-state index >= 15 is 0 Å². The van der Waals surface area contributed by atoms with E-state index in [1.54, 1.807) is 6.07 Å². The summed E-state index contributed by atoms with van der Waals surface area (Å²) in [6.07, 6.45) is 0. The van der Waals surface area contributed by atoms with Gasteiger partial charge in [-0.3, -0.25) is 0 Å². The molecule has 14 rings (SSSR count). The monoisotopic (exact) mass is 929 g/mol. The van der Waals surface area contributed by atoms with Crippen molar-refractivity contribution in [2.75, 3.05) is 4.90 Å². The van der Waals surface area contributed by atoms with E-state index in [1.165, 1.54) is 44.1 Å². The maximum atomic E-state index is 11.2. The minimum Gasteiger partial charge on any atom is -0.310 e. The number of aromatic nitrogens is 4. The van der Waals surface area contributed by atoms with Crippen LogP contribution in [0.15, 0.2) is 237 Å². The first-order valence-electron chi connectivity index (χ1n) is 24.3. The molecule has 0 atom stereocenters. The number of rotatable bonds is 6. The first kappa shape index (κ1) is 41.7. The van der Waals surface area contributed by atoms with Crippen molar-refractivity contribution in [2.24, 2.45) is 0 Å². The Hall–Kier alpha value is -10.2. The van der Waals surface area contributed by atoms with Crippen molar-refractivity contribution in [3.05, 3.63) is 276 Å². The third-order valence-electron chi connectivity index (χ3n) is 14.7. The molecule has 0 saturated heterocycles. The van der Waals surface area contributed by atoms with Crippen molar-refractivity contribution in [1.29, 1.82) is 5.26 Å². The lowest BCUT2D eigenvalue weighted by atomic mass is 9.64. The first-order chi connectivity index (χ1) is 36.1. The van der Waals surface area contributed by atoms with Crippen LogP contribution in [0.1, 0.15) is 27.8 Å². The molecule has 0 unspecified atom stereocenters. The minimum atomic E-state index is -0.705. The molecule has 7 nitrogen and oxygen atoms in total. The van der Waals surface area contributed by atoms with Gasteiger partial charge in [-0.15, -0.1) is 0 Å². The topological polar surface area (TPSA) is 75.0 Å². The van der Waals surface area contributed by atoms with Gasteiger partial charge in [0.15, 0.2) is 23.2 Å². The molecular weight excluding hydrogens is 891 g/mol. The predicted octanol–water partition coefficient (Wildman–Crippen LogP) is 16.2. The molecule has 0 bridgehead atoms. The Labute approximate surface area is 421 Å². The van der Waals surface area contributed by atoms with Gasteiger partial charge in [0.2, 0.25) is 0 Å². The van der Waals surface area contributed by atoms with Crippen LogP contribution < -0.4 is 4.90 Å². The second-order valence-corrected chi connectivity index (χ2v) is 18.5. The Morgan fingerprint density at radius 1 is 0.411 bits per heavy atom. The molecule has 0 N–H and O–H groups in total. The van der Waals surface area contributed by atoms with Crippen LogP contribution in [0.25, 0.3) is 88.8 Å². The molecule has 2 aromatic heterocycles. The third kappa shape index (κ3) is 6.26. The van der Waals surface area contributed by atoms with E-state index in [0.29, 0.717) is 40.0 Å². The molecule has 1 aliphatic carbocycles. The molecule has 7 heteroatoms. The third-order valence-corrected chi connectivity index (χ3v) is 14.7. The Bertz CT molecular complexity index is 4190. The number of nitrogens with zero attached hydrogens (tertiary/aromatic N) is 7.